The van der Waals surface area contributed by atoms with E-state index in [1.807, 2.05) is 6.92 Å². The van der Waals surface area contributed by atoms with Crippen molar-refractivity contribution in [3.8, 4) is 5.88 Å². The molecule has 0 saturated carbocycles. The van der Waals surface area contributed by atoms with E-state index in [0.717, 1.165) is 12.8 Å². The monoisotopic (exact) mass is 330 g/mol. The summed E-state index contributed by atoms with van der Waals surface area (Å²) >= 11 is 3.23. The molecule has 0 aliphatic heterocycles. The van der Waals surface area contributed by atoms with Crippen LogP contribution >= 0.6 is 15.9 Å². The third kappa shape index (κ3) is 4.80. The second kappa shape index (κ2) is 6.86. The topological polar surface area (TPSA) is 71.5 Å². The van der Waals surface area contributed by atoms with Crippen molar-refractivity contribution in [2.75, 3.05) is 12.4 Å². The second-order valence-electron chi connectivity index (χ2n) is 4.55. The molecule has 0 aliphatic rings. The molecule has 19 heavy (non-hydrogen) atoms. The predicted octanol–water partition coefficient (Wildman–Crippen LogP) is 2.73. The van der Waals surface area contributed by atoms with E-state index in [0.29, 0.717) is 22.6 Å². The molecule has 1 rings (SSSR count). The molecular formula is C13H19BrN2O3. The number of hydrogen-bond donors (Lipinski definition) is 2. The summed E-state index contributed by atoms with van der Waals surface area (Å²) in [5, 5.41) is 12.8. The first kappa shape index (κ1) is 15.9. The first-order valence-corrected chi connectivity index (χ1v) is 6.93. The summed E-state index contributed by atoms with van der Waals surface area (Å²) in [6, 6.07) is 3.24. The zero-order chi connectivity index (χ0) is 14.5. The molecule has 5 nitrogen and oxygen atoms in total. The maximum atomic E-state index is 12.0. The summed E-state index contributed by atoms with van der Waals surface area (Å²) in [7, 11) is 1.50. The fraction of sp³-hybridized carbons (Fsp3) is 0.538. The molecule has 1 heterocycles. The maximum Gasteiger partial charge on any atom is 0.256 e. The van der Waals surface area contributed by atoms with Gasteiger partial charge in [-0.15, -0.1) is 0 Å². The first-order chi connectivity index (χ1) is 8.89. The largest absolute Gasteiger partial charge is 0.481 e. The molecule has 2 N–H and O–H groups in total. The fourth-order valence-corrected chi connectivity index (χ4v) is 1.97. The summed E-state index contributed by atoms with van der Waals surface area (Å²) in [6.45, 7) is 3.53. The van der Waals surface area contributed by atoms with Gasteiger partial charge in [-0.05, 0) is 35.3 Å². The highest BCUT2D eigenvalue weighted by Crippen LogP contribution is 2.22. The van der Waals surface area contributed by atoms with E-state index in [4.69, 9.17) is 4.74 Å². The number of pyridine rings is 1. The Hall–Kier alpha value is -1.14. The van der Waals surface area contributed by atoms with Crippen molar-refractivity contribution in [1.82, 2.24) is 4.98 Å². The van der Waals surface area contributed by atoms with Gasteiger partial charge in [0.2, 0.25) is 5.88 Å². The molecule has 0 fully saturated rings. The number of amides is 1. The van der Waals surface area contributed by atoms with Crippen LogP contribution in [0.3, 0.4) is 0 Å². The van der Waals surface area contributed by atoms with Gasteiger partial charge in [0.25, 0.3) is 5.91 Å². The average molecular weight is 331 g/mol. The van der Waals surface area contributed by atoms with Crippen molar-refractivity contribution in [3.05, 3.63) is 16.7 Å². The molecule has 6 heteroatoms. The Labute approximate surface area is 121 Å². The number of hydrogen-bond acceptors (Lipinski definition) is 4. The number of unbranched alkanes of at least 4 members (excludes halogenated alkanes) is 1. The predicted molar refractivity (Wildman–Crippen MR) is 77.3 cm³/mol. The van der Waals surface area contributed by atoms with Gasteiger partial charge >= 0.3 is 0 Å². The van der Waals surface area contributed by atoms with Gasteiger partial charge in [-0.3, -0.25) is 4.79 Å². The number of aliphatic hydroxyl groups is 1. The van der Waals surface area contributed by atoms with Crippen LogP contribution in [0.25, 0.3) is 0 Å². The lowest BCUT2D eigenvalue weighted by atomic mass is 9.98. The number of aromatic nitrogens is 1. The van der Waals surface area contributed by atoms with Crippen molar-refractivity contribution in [1.29, 1.82) is 0 Å². The molecule has 0 spiro atoms. The van der Waals surface area contributed by atoms with Crippen LogP contribution < -0.4 is 10.1 Å². The molecular weight excluding hydrogens is 312 g/mol. The Balaban J connectivity index is 2.78. The molecule has 0 aliphatic carbocycles. The summed E-state index contributed by atoms with van der Waals surface area (Å²) in [6.07, 6.45) is 2.15. The van der Waals surface area contributed by atoms with Gasteiger partial charge in [0.1, 0.15) is 10.2 Å². The summed E-state index contributed by atoms with van der Waals surface area (Å²) in [5.74, 6) is -0.0426. The smallest absolute Gasteiger partial charge is 0.256 e. The minimum absolute atomic E-state index is 0.387. The first-order valence-electron chi connectivity index (χ1n) is 6.14. The molecule has 1 aromatic rings. The van der Waals surface area contributed by atoms with Crippen molar-refractivity contribution in [3.63, 3.8) is 0 Å². The Kier molecular flexibility index (Phi) is 5.75. The van der Waals surface area contributed by atoms with Crippen molar-refractivity contribution < 1.29 is 14.6 Å². The fourth-order valence-electron chi connectivity index (χ4n) is 1.55. The highest BCUT2D eigenvalue weighted by atomic mass is 79.9. The zero-order valence-electron chi connectivity index (χ0n) is 11.4. The normalized spacial score (nSPS) is 13.7. The Morgan fingerprint density at radius 1 is 1.58 bits per heavy atom. The molecule has 1 atom stereocenters. The van der Waals surface area contributed by atoms with Gasteiger partial charge in [-0.25, -0.2) is 4.98 Å². The number of rotatable bonds is 6. The Morgan fingerprint density at radius 3 is 2.84 bits per heavy atom. The summed E-state index contributed by atoms with van der Waals surface area (Å²) in [5.41, 5.74) is -0.848. The third-order valence-electron chi connectivity index (χ3n) is 2.74. The van der Waals surface area contributed by atoms with Crippen LogP contribution in [-0.4, -0.2) is 28.7 Å². The van der Waals surface area contributed by atoms with Gasteiger partial charge in [-0.1, -0.05) is 19.8 Å². The molecule has 0 saturated heterocycles. The van der Waals surface area contributed by atoms with Gasteiger partial charge in [0.05, 0.1) is 7.11 Å². The van der Waals surface area contributed by atoms with Gasteiger partial charge in [-0.2, -0.15) is 0 Å². The van der Waals surface area contributed by atoms with Crippen molar-refractivity contribution in [2.45, 2.75) is 38.7 Å². The molecule has 1 amide bonds. The molecule has 0 radical (unpaired) electrons. The number of ether oxygens (including phenoxy) is 1. The van der Waals surface area contributed by atoms with Crippen LogP contribution in [0, 0.1) is 0 Å². The zero-order valence-corrected chi connectivity index (χ0v) is 13.0. The average Bonchev–Trinajstić information content (AvgIpc) is 2.35. The van der Waals surface area contributed by atoms with Gasteiger partial charge < -0.3 is 15.2 Å². The molecule has 1 unspecified atom stereocenters. The highest BCUT2D eigenvalue weighted by molar-refractivity contribution is 9.10. The number of anilines is 1. The standard InChI is InChI=1S/C13H19BrN2O3/c1-4-5-6-13(2,18)12(17)15-9-7-10(14)16-11(8-9)19-3/h7-8,18H,4-6H2,1-3H3,(H,15,16,17). The molecule has 106 valence electrons. The van der Waals surface area contributed by atoms with E-state index in [9.17, 15) is 9.90 Å². The van der Waals surface area contributed by atoms with E-state index >= 15 is 0 Å². The number of methoxy groups -OCH3 is 1. The van der Waals surface area contributed by atoms with E-state index in [-0.39, 0.29) is 0 Å². The number of halogens is 1. The lowest BCUT2D eigenvalue weighted by Gasteiger charge is -2.22. The Bertz CT molecular complexity index is 450. The van der Waals surface area contributed by atoms with Gasteiger partial charge in [0.15, 0.2) is 0 Å². The van der Waals surface area contributed by atoms with Crippen LogP contribution in [0.15, 0.2) is 16.7 Å². The quantitative estimate of drug-likeness (QED) is 0.787. The number of nitrogens with one attached hydrogen (secondary N) is 1. The second-order valence-corrected chi connectivity index (χ2v) is 5.36. The number of carbonyl (C=O) groups is 1. The van der Waals surface area contributed by atoms with Crippen LogP contribution in [0.2, 0.25) is 0 Å². The van der Waals surface area contributed by atoms with E-state index in [2.05, 4.69) is 26.2 Å². The number of carbonyl (C=O) groups excluding carboxylic acids is 1. The molecule has 0 bridgehead atoms. The van der Waals surface area contributed by atoms with E-state index in [1.54, 1.807) is 12.1 Å². The third-order valence-corrected chi connectivity index (χ3v) is 3.15. The summed E-state index contributed by atoms with van der Waals surface area (Å²) in [4.78, 5) is 16.1. The van der Waals surface area contributed by atoms with Crippen LogP contribution in [-0.2, 0) is 4.79 Å². The van der Waals surface area contributed by atoms with Crippen molar-refractivity contribution >= 4 is 27.5 Å². The van der Waals surface area contributed by atoms with E-state index in [1.165, 1.54) is 14.0 Å². The molecule has 0 aromatic carbocycles. The number of nitrogens with zero attached hydrogens (tertiary/aromatic N) is 1. The van der Waals surface area contributed by atoms with Crippen molar-refractivity contribution in [2.24, 2.45) is 0 Å². The van der Waals surface area contributed by atoms with Crippen LogP contribution in [0.5, 0.6) is 5.88 Å². The summed E-state index contributed by atoms with van der Waals surface area (Å²) < 4.78 is 5.56. The van der Waals surface area contributed by atoms with Crippen LogP contribution in [0.4, 0.5) is 5.69 Å². The SMILES string of the molecule is CCCCC(C)(O)C(=O)Nc1cc(Br)nc(OC)c1. The lowest BCUT2D eigenvalue weighted by molar-refractivity contribution is -0.133. The maximum absolute atomic E-state index is 12.0. The minimum atomic E-state index is -1.38. The highest BCUT2D eigenvalue weighted by Gasteiger charge is 2.29. The Morgan fingerprint density at radius 2 is 2.26 bits per heavy atom. The van der Waals surface area contributed by atoms with Crippen LogP contribution in [0.1, 0.15) is 33.1 Å². The van der Waals surface area contributed by atoms with Gasteiger partial charge in [0, 0.05) is 11.8 Å². The molecule has 1 aromatic heterocycles. The van der Waals surface area contributed by atoms with E-state index < -0.39 is 11.5 Å². The minimum Gasteiger partial charge on any atom is -0.481 e. The lowest BCUT2D eigenvalue weighted by Crippen LogP contribution is -2.39.